The third-order valence-electron chi connectivity index (χ3n) is 10.3. The lowest BCUT2D eigenvalue weighted by Gasteiger charge is -2.12. The largest absolute Gasteiger partial charge is 0.393 e. The molecule has 0 spiro atoms. The Balaban J connectivity index is 1.16. The van der Waals surface area contributed by atoms with Crippen molar-refractivity contribution in [2.45, 2.75) is 12.6 Å². The van der Waals surface area contributed by atoms with E-state index in [1.165, 1.54) is 6.07 Å². The van der Waals surface area contributed by atoms with Crippen LogP contribution in [0.2, 0.25) is 0 Å². The Morgan fingerprint density at radius 3 is 1.62 bits per heavy atom. The maximum absolute atomic E-state index is 13.4. The average Bonchev–Trinajstić information content (AvgIpc) is 3.73. The molecular formula is C48H31F3N4. The zero-order valence-corrected chi connectivity index (χ0v) is 29.4. The highest BCUT2D eigenvalue weighted by Crippen LogP contribution is 2.39. The molecule has 0 amide bonds. The van der Waals surface area contributed by atoms with Crippen LogP contribution in [0.4, 0.5) is 13.2 Å². The van der Waals surface area contributed by atoms with Gasteiger partial charge in [0.2, 0.25) is 5.95 Å². The normalized spacial score (nSPS) is 12.0. The maximum Gasteiger partial charge on any atom is 0.393 e. The second-order valence-corrected chi connectivity index (χ2v) is 13.8. The van der Waals surface area contributed by atoms with Crippen LogP contribution in [0.5, 0.6) is 0 Å². The van der Waals surface area contributed by atoms with Crippen molar-refractivity contribution in [3.63, 3.8) is 0 Å². The number of halogens is 3. The summed E-state index contributed by atoms with van der Waals surface area (Å²) in [4.78, 5) is 10.4. The molecule has 0 saturated carbocycles. The molecule has 0 unspecified atom stereocenters. The van der Waals surface area contributed by atoms with Crippen molar-refractivity contribution < 1.29 is 13.2 Å². The Morgan fingerprint density at radius 1 is 0.400 bits per heavy atom. The molecule has 0 aliphatic carbocycles. The zero-order valence-electron chi connectivity index (χ0n) is 29.4. The van der Waals surface area contributed by atoms with Crippen LogP contribution in [0.25, 0.3) is 88.9 Å². The van der Waals surface area contributed by atoms with Gasteiger partial charge in [-0.1, -0.05) is 127 Å². The third-order valence-corrected chi connectivity index (χ3v) is 10.3. The lowest BCUT2D eigenvalue weighted by Crippen LogP contribution is -2.11. The molecule has 264 valence electrons. The number of hydrogen-bond acceptors (Lipinski definition) is 2. The predicted molar refractivity (Wildman–Crippen MR) is 217 cm³/mol. The van der Waals surface area contributed by atoms with Gasteiger partial charge in [0.15, 0.2) is 0 Å². The fourth-order valence-electron chi connectivity index (χ4n) is 7.88. The molecule has 0 saturated heterocycles. The van der Waals surface area contributed by atoms with Gasteiger partial charge < -0.3 is 4.57 Å². The van der Waals surface area contributed by atoms with Crippen molar-refractivity contribution in [1.82, 2.24) is 19.1 Å². The molecule has 0 aliphatic rings. The summed E-state index contributed by atoms with van der Waals surface area (Å²) in [6.45, 7) is 0. The highest BCUT2D eigenvalue weighted by molar-refractivity contribution is 6.12. The van der Waals surface area contributed by atoms with Gasteiger partial charge in [0.25, 0.3) is 0 Å². The molecule has 3 heterocycles. The molecule has 0 radical (unpaired) electrons. The SMILES string of the molecule is FC(F)(F)Cc1cccc(-n2c3ccccc3c3cc(-c4ccc5c6ccccc6n(-c6nc(-c7ccccc7)cc(-c7ccccc7)n6)c5c4)ccc32)c1. The van der Waals surface area contributed by atoms with Gasteiger partial charge in [-0.05, 0) is 65.2 Å². The zero-order chi connectivity index (χ0) is 37.1. The molecule has 0 atom stereocenters. The summed E-state index contributed by atoms with van der Waals surface area (Å²) >= 11 is 0. The standard InChI is InChI=1S/C48H31F3N4/c49-48(50,51)30-31-12-11-17-36(26-31)54-43-20-9-8-19-38(43)40-27-34(23-25-45(40)54)35-22-24-39-37-18-7-10-21-44(37)55(46(39)28-35)47-52-41(32-13-3-1-4-14-32)29-42(53-47)33-15-5-2-6-16-33/h1-29H,30H2. The molecule has 0 N–H and O–H groups in total. The average molecular weight is 721 g/mol. The minimum absolute atomic E-state index is 0.227. The number of nitrogens with zero attached hydrogens (tertiary/aromatic N) is 4. The van der Waals surface area contributed by atoms with E-state index in [9.17, 15) is 13.2 Å². The van der Waals surface area contributed by atoms with E-state index >= 15 is 0 Å². The Labute approximate surface area is 314 Å². The Morgan fingerprint density at radius 2 is 0.945 bits per heavy atom. The maximum atomic E-state index is 13.4. The smallest absolute Gasteiger partial charge is 0.309 e. The van der Waals surface area contributed by atoms with E-state index in [1.807, 2.05) is 72.8 Å². The minimum Gasteiger partial charge on any atom is -0.309 e. The highest BCUT2D eigenvalue weighted by atomic mass is 19.4. The van der Waals surface area contributed by atoms with Gasteiger partial charge in [0.05, 0.1) is 39.9 Å². The quantitative estimate of drug-likeness (QED) is 0.171. The monoisotopic (exact) mass is 720 g/mol. The first kappa shape index (κ1) is 32.6. The van der Waals surface area contributed by atoms with E-state index < -0.39 is 12.6 Å². The van der Waals surface area contributed by atoms with E-state index in [1.54, 1.807) is 12.1 Å². The van der Waals surface area contributed by atoms with Crippen molar-refractivity contribution in [1.29, 1.82) is 0 Å². The first-order valence-electron chi connectivity index (χ1n) is 18.1. The fraction of sp³-hybridized carbons (Fsp3) is 0.0417. The summed E-state index contributed by atoms with van der Waals surface area (Å²) in [5.74, 6) is 0.579. The lowest BCUT2D eigenvalue weighted by molar-refractivity contribution is -0.127. The summed E-state index contributed by atoms with van der Waals surface area (Å²) in [5, 5.41) is 4.23. The molecule has 10 rings (SSSR count). The van der Waals surface area contributed by atoms with Gasteiger partial charge >= 0.3 is 6.18 Å². The number of hydrogen-bond donors (Lipinski definition) is 0. The second kappa shape index (κ2) is 12.8. The molecule has 0 aliphatic heterocycles. The van der Waals surface area contributed by atoms with Crippen molar-refractivity contribution in [2.75, 3.05) is 0 Å². The van der Waals surface area contributed by atoms with Crippen LogP contribution < -0.4 is 0 Å². The second-order valence-electron chi connectivity index (χ2n) is 13.8. The van der Waals surface area contributed by atoms with Gasteiger partial charge in [0.1, 0.15) is 0 Å². The van der Waals surface area contributed by atoms with Crippen LogP contribution in [0.1, 0.15) is 5.56 Å². The number of alkyl halides is 3. The van der Waals surface area contributed by atoms with Gasteiger partial charge in [-0.25, -0.2) is 9.97 Å². The van der Waals surface area contributed by atoms with Gasteiger partial charge in [-0.2, -0.15) is 13.2 Å². The Bertz CT molecular complexity index is 2990. The van der Waals surface area contributed by atoms with Gasteiger partial charge in [-0.15, -0.1) is 0 Å². The summed E-state index contributed by atoms with van der Waals surface area (Å²) in [5.41, 5.74) is 10.5. The minimum atomic E-state index is -4.29. The number of fused-ring (bicyclic) bond motifs is 6. The fourth-order valence-corrected chi connectivity index (χ4v) is 7.88. The topological polar surface area (TPSA) is 35.6 Å². The number of rotatable bonds is 6. The van der Waals surface area contributed by atoms with Crippen LogP contribution in [0, 0.1) is 0 Å². The summed E-state index contributed by atoms with van der Waals surface area (Å²) in [7, 11) is 0. The summed E-state index contributed by atoms with van der Waals surface area (Å²) in [6.07, 6.45) is -5.27. The summed E-state index contributed by atoms with van der Waals surface area (Å²) in [6, 6.07) is 58.4. The van der Waals surface area contributed by atoms with Crippen molar-refractivity contribution in [2.24, 2.45) is 0 Å². The Hall–Kier alpha value is -6.99. The van der Waals surface area contributed by atoms with E-state index in [2.05, 4.69) is 94.1 Å². The molecule has 10 aromatic rings. The van der Waals surface area contributed by atoms with E-state index in [0.717, 1.165) is 77.3 Å². The molecule has 3 aromatic heterocycles. The van der Waals surface area contributed by atoms with Crippen molar-refractivity contribution >= 4 is 43.6 Å². The number of benzene rings is 7. The van der Waals surface area contributed by atoms with Gasteiger partial charge in [-0.3, -0.25) is 4.57 Å². The molecule has 0 bridgehead atoms. The molecule has 55 heavy (non-hydrogen) atoms. The number of para-hydroxylation sites is 2. The first-order chi connectivity index (χ1) is 26.9. The lowest BCUT2D eigenvalue weighted by atomic mass is 10.0. The molecule has 7 heteroatoms. The van der Waals surface area contributed by atoms with Crippen molar-refractivity contribution in [3.8, 4) is 45.3 Å². The molecule has 0 fully saturated rings. The first-order valence-corrected chi connectivity index (χ1v) is 18.1. The van der Waals surface area contributed by atoms with Crippen LogP contribution >= 0.6 is 0 Å². The van der Waals surface area contributed by atoms with Crippen LogP contribution in [-0.2, 0) is 6.42 Å². The van der Waals surface area contributed by atoms with Gasteiger partial charge in [0, 0.05) is 38.4 Å². The highest BCUT2D eigenvalue weighted by Gasteiger charge is 2.28. The molecule has 4 nitrogen and oxygen atoms in total. The predicted octanol–water partition coefficient (Wildman–Crippen LogP) is 12.8. The summed E-state index contributed by atoms with van der Waals surface area (Å²) < 4.78 is 44.3. The molecular weight excluding hydrogens is 690 g/mol. The van der Waals surface area contributed by atoms with Crippen LogP contribution in [0.3, 0.4) is 0 Å². The Kier molecular flexibility index (Phi) is 7.63. The van der Waals surface area contributed by atoms with Crippen LogP contribution in [0.15, 0.2) is 176 Å². The van der Waals surface area contributed by atoms with Crippen LogP contribution in [-0.4, -0.2) is 25.3 Å². The van der Waals surface area contributed by atoms with E-state index in [0.29, 0.717) is 11.6 Å². The number of aromatic nitrogens is 4. The van der Waals surface area contributed by atoms with E-state index in [4.69, 9.17) is 9.97 Å². The molecule has 7 aromatic carbocycles. The third kappa shape index (κ3) is 5.81. The van der Waals surface area contributed by atoms with Crippen molar-refractivity contribution in [3.05, 3.63) is 181 Å². The van der Waals surface area contributed by atoms with E-state index in [-0.39, 0.29) is 5.56 Å².